The molecule has 86 valence electrons. The minimum atomic E-state index is 0.461. The summed E-state index contributed by atoms with van der Waals surface area (Å²) < 4.78 is 5.07. The van der Waals surface area contributed by atoms with Crippen molar-refractivity contribution >= 4 is 0 Å². The Morgan fingerprint density at radius 1 is 1.53 bits per heavy atom. The van der Waals surface area contributed by atoms with Crippen LogP contribution in [0, 0.1) is 19.3 Å². The molecule has 2 rings (SSSR count). The summed E-state index contributed by atoms with van der Waals surface area (Å²) >= 11 is 0. The second-order valence-corrected chi connectivity index (χ2v) is 3.54. The Kier molecular flexibility index (Phi) is 3.48. The lowest BCUT2D eigenvalue weighted by Gasteiger charge is -1.94. The Morgan fingerprint density at radius 3 is 3.18 bits per heavy atom. The molecule has 2 aromatic heterocycles. The molecule has 5 heteroatoms. The van der Waals surface area contributed by atoms with E-state index in [1.54, 1.807) is 6.20 Å². The number of terminal acetylenes is 1. The standard InChI is InChI=1S/C12H12N4O/c1-3-5-13-8-11-15-12(16-17-11)10-7-9(2)4-6-14-10/h1,4,6-7,13H,5,8H2,2H3. The summed E-state index contributed by atoms with van der Waals surface area (Å²) in [4.78, 5) is 8.40. The molecule has 0 amide bonds. The summed E-state index contributed by atoms with van der Waals surface area (Å²) in [5.74, 6) is 3.46. The van der Waals surface area contributed by atoms with Crippen LogP contribution in [0.3, 0.4) is 0 Å². The van der Waals surface area contributed by atoms with E-state index in [1.807, 2.05) is 19.1 Å². The van der Waals surface area contributed by atoms with Gasteiger partial charge in [-0.3, -0.25) is 10.3 Å². The number of nitrogens with one attached hydrogen (secondary N) is 1. The molecule has 0 radical (unpaired) electrons. The van der Waals surface area contributed by atoms with Gasteiger partial charge in [0.15, 0.2) is 0 Å². The van der Waals surface area contributed by atoms with Crippen molar-refractivity contribution in [3.8, 4) is 23.9 Å². The molecule has 0 saturated carbocycles. The number of pyridine rings is 1. The second kappa shape index (κ2) is 5.23. The first-order chi connectivity index (χ1) is 8.29. The fourth-order valence-corrected chi connectivity index (χ4v) is 1.33. The van der Waals surface area contributed by atoms with Gasteiger partial charge in [0.2, 0.25) is 11.7 Å². The maximum atomic E-state index is 5.12. The van der Waals surface area contributed by atoms with Crippen LogP contribution in [0.2, 0.25) is 0 Å². The largest absolute Gasteiger partial charge is 0.337 e. The Morgan fingerprint density at radius 2 is 2.41 bits per heavy atom. The molecule has 0 aliphatic rings. The van der Waals surface area contributed by atoms with Crippen LogP contribution in [0.25, 0.3) is 11.5 Å². The normalized spacial score (nSPS) is 10.1. The predicted octanol–water partition coefficient (Wildman–Crippen LogP) is 1.16. The van der Waals surface area contributed by atoms with Crippen LogP contribution < -0.4 is 5.32 Å². The minimum absolute atomic E-state index is 0.461. The van der Waals surface area contributed by atoms with Crippen molar-refractivity contribution in [2.75, 3.05) is 6.54 Å². The Labute approximate surface area is 99.3 Å². The van der Waals surface area contributed by atoms with Crippen LogP contribution >= 0.6 is 0 Å². The van der Waals surface area contributed by atoms with Crippen molar-refractivity contribution < 1.29 is 4.52 Å². The van der Waals surface area contributed by atoms with E-state index in [0.29, 0.717) is 30.5 Å². The maximum Gasteiger partial charge on any atom is 0.240 e. The zero-order valence-electron chi connectivity index (χ0n) is 9.47. The molecule has 5 nitrogen and oxygen atoms in total. The van der Waals surface area contributed by atoms with Crippen molar-refractivity contribution in [1.29, 1.82) is 0 Å². The lowest BCUT2D eigenvalue weighted by molar-refractivity contribution is 0.370. The molecule has 0 bridgehead atoms. The molecule has 0 atom stereocenters. The van der Waals surface area contributed by atoms with E-state index in [9.17, 15) is 0 Å². The molecule has 0 unspecified atom stereocenters. The highest BCUT2D eigenvalue weighted by molar-refractivity contribution is 5.48. The summed E-state index contributed by atoms with van der Waals surface area (Å²) in [6.45, 7) is 2.92. The molecular formula is C12H12N4O. The molecule has 17 heavy (non-hydrogen) atoms. The molecule has 2 aromatic rings. The van der Waals surface area contributed by atoms with Crippen LogP contribution in [0.15, 0.2) is 22.9 Å². The molecule has 0 aliphatic heterocycles. The highest BCUT2D eigenvalue weighted by atomic mass is 16.5. The van der Waals surface area contributed by atoms with Gasteiger partial charge in [-0.2, -0.15) is 4.98 Å². The highest BCUT2D eigenvalue weighted by Gasteiger charge is 2.08. The van der Waals surface area contributed by atoms with Gasteiger partial charge in [-0.05, 0) is 24.6 Å². The van der Waals surface area contributed by atoms with E-state index >= 15 is 0 Å². The maximum absolute atomic E-state index is 5.12. The quantitative estimate of drug-likeness (QED) is 0.628. The average molecular weight is 228 g/mol. The molecule has 1 N–H and O–H groups in total. The van der Waals surface area contributed by atoms with Gasteiger partial charge in [-0.15, -0.1) is 6.42 Å². The summed E-state index contributed by atoms with van der Waals surface area (Å²) in [5, 5.41) is 6.84. The number of hydrogen-bond donors (Lipinski definition) is 1. The Hall–Kier alpha value is -2.19. The average Bonchev–Trinajstić information content (AvgIpc) is 2.78. The molecule has 0 saturated heterocycles. The predicted molar refractivity (Wildman–Crippen MR) is 62.8 cm³/mol. The van der Waals surface area contributed by atoms with Crippen molar-refractivity contribution in [1.82, 2.24) is 20.4 Å². The Balaban J connectivity index is 2.10. The van der Waals surface area contributed by atoms with E-state index in [-0.39, 0.29) is 0 Å². The van der Waals surface area contributed by atoms with Gasteiger partial charge in [0.1, 0.15) is 5.69 Å². The van der Waals surface area contributed by atoms with Gasteiger partial charge < -0.3 is 4.52 Å². The van der Waals surface area contributed by atoms with Crippen LogP contribution in [0.1, 0.15) is 11.5 Å². The number of hydrogen-bond acceptors (Lipinski definition) is 5. The monoisotopic (exact) mass is 228 g/mol. The third kappa shape index (κ3) is 2.89. The molecular weight excluding hydrogens is 216 g/mol. The first-order valence-corrected chi connectivity index (χ1v) is 5.19. The topological polar surface area (TPSA) is 63.8 Å². The third-order valence-electron chi connectivity index (χ3n) is 2.12. The molecule has 2 heterocycles. The third-order valence-corrected chi connectivity index (χ3v) is 2.12. The summed E-state index contributed by atoms with van der Waals surface area (Å²) in [7, 11) is 0. The zero-order chi connectivity index (χ0) is 12.1. The van der Waals surface area contributed by atoms with Gasteiger partial charge in [0, 0.05) is 6.20 Å². The summed E-state index contributed by atoms with van der Waals surface area (Å²) in [5.41, 5.74) is 1.81. The SMILES string of the molecule is C#CCNCc1nc(-c2cc(C)ccn2)no1. The first kappa shape index (κ1) is 11.3. The zero-order valence-corrected chi connectivity index (χ0v) is 9.47. The summed E-state index contributed by atoms with van der Waals surface area (Å²) in [6.07, 6.45) is 6.84. The van der Waals surface area contributed by atoms with Gasteiger partial charge in [0.05, 0.1) is 13.1 Å². The smallest absolute Gasteiger partial charge is 0.240 e. The van der Waals surface area contributed by atoms with Gasteiger partial charge in [-0.1, -0.05) is 11.1 Å². The van der Waals surface area contributed by atoms with E-state index in [1.165, 1.54) is 0 Å². The number of nitrogens with zero attached hydrogens (tertiary/aromatic N) is 3. The number of aryl methyl sites for hydroxylation is 1. The molecule has 0 spiro atoms. The number of rotatable bonds is 4. The van der Waals surface area contributed by atoms with Gasteiger partial charge in [-0.25, -0.2) is 0 Å². The number of aromatic nitrogens is 3. The van der Waals surface area contributed by atoms with Crippen LogP contribution in [-0.4, -0.2) is 21.7 Å². The van der Waals surface area contributed by atoms with Crippen molar-refractivity contribution in [2.24, 2.45) is 0 Å². The summed E-state index contributed by atoms with van der Waals surface area (Å²) in [6, 6.07) is 3.82. The lowest BCUT2D eigenvalue weighted by Crippen LogP contribution is -2.13. The van der Waals surface area contributed by atoms with Crippen molar-refractivity contribution in [3.05, 3.63) is 29.8 Å². The van der Waals surface area contributed by atoms with E-state index in [4.69, 9.17) is 10.9 Å². The first-order valence-electron chi connectivity index (χ1n) is 5.19. The van der Waals surface area contributed by atoms with Crippen molar-refractivity contribution in [2.45, 2.75) is 13.5 Å². The van der Waals surface area contributed by atoms with Gasteiger partial charge in [0.25, 0.3) is 0 Å². The molecule has 0 fully saturated rings. The van der Waals surface area contributed by atoms with Gasteiger partial charge >= 0.3 is 0 Å². The van der Waals surface area contributed by atoms with E-state index in [0.717, 1.165) is 5.56 Å². The van der Waals surface area contributed by atoms with E-state index < -0.39 is 0 Å². The fourth-order valence-electron chi connectivity index (χ4n) is 1.33. The Bertz CT molecular complexity index is 541. The fraction of sp³-hybridized carbons (Fsp3) is 0.250. The highest BCUT2D eigenvalue weighted by Crippen LogP contribution is 2.13. The molecule has 0 aromatic carbocycles. The van der Waals surface area contributed by atoms with E-state index in [2.05, 4.69) is 26.4 Å². The molecule has 0 aliphatic carbocycles. The second-order valence-electron chi connectivity index (χ2n) is 3.54. The van der Waals surface area contributed by atoms with Crippen LogP contribution in [0.5, 0.6) is 0 Å². The van der Waals surface area contributed by atoms with Crippen LogP contribution in [0.4, 0.5) is 0 Å². The minimum Gasteiger partial charge on any atom is -0.337 e. The van der Waals surface area contributed by atoms with Crippen LogP contribution in [-0.2, 0) is 6.54 Å². The van der Waals surface area contributed by atoms with Crippen molar-refractivity contribution in [3.63, 3.8) is 0 Å². The lowest BCUT2D eigenvalue weighted by atomic mass is 10.2.